The van der Waals surface area contributed by atoms with E-state index in [1.54, 1.807) is 4.90 Å². The zero-order valence-electron chi connectivity index (χ0n) is 12.7. The molecule has 2 saturated heterocycles. The highest BCUT2D eigenvalue weighted by Gasteiger charge is 2.26. The van der Waals surface area contributed by atoms with Crippen LogP contribution in [0.4, 0.5) is 15.3 Å². The highest BCUT2D eigenvalue weighted by Crippen LogP contribution is 2.29. The van der Waals surface area contributed by atoms with E-state index in [1.807, 2.05) is 24.3 Å². The lowest BCUT2D eigenvalue weighted by Gasteiger charge is -2.31. The van der Waals surface area contributed by atoms with Gasteiger partial charge in [0, 0.05) is 31.7 Å². The number of benzene rings is 1. The molecular weight excluding hydrogens is 298 g/mol. The summed E-state index contributed by atoms with van der Waals surface area (Å²) in [5, 5.41) is 11.3. The maximum absolute atomic E-state index is 11.8. The average Bonchev–Trinajstić information content (AvgIpc) is 2.55. The van der Waals surface area contributed by atoms with E-state index >= 15 is 0 Å². The molecular formula is C16H19N3O4. The maximum atomic E-state index is 11.8. The van der Waals surface area contributed by atoms with Crippen molar-refractivity contribution in [3.05, 3.63) is 29.8 Å². The van der Waals surface area contributed by atoms with E-state index in [4.69, 9.17) is 5.11 Å². The molecule has 4 amide bonds. The van der Waals surface area contributed by atoms with Gasteiger partial charge in [-0.25, -0.2) is 9.59 Å². The van der Waals surface area contributed by atoms with Crippen molar-refractivity contribution in [1.82, 2.24) is 10.2 Å². The first-order valence-corrected chi connectivity index (χ1v) is 7.74. The number of anilines is 1. The number of piperidine rings is 1. The summed E-state index contributed by atoms with van der Waals surface area (Å²) in [6.07, 6.45) is 1.07. The Balaban J connectivity index is 1.65. The van der Waals surface area contributed by atoms with E-state index in [1.165, 1.54) is 4.90 Å². The molecule has 2 fully saturated rings. The lowest BCUT2D eigenvalue weighted by atomic mass is 9.89. The van der Waals surface area contributed by atoms with E-state index < -0.39 is 6.09 Å². The van der Waals surface area contributed by atoms with Crippen LogP contribution in [0.25, 0.3) is 0 Å². The predicted molar refractivity (Wildman–Crippen MR) is 83.5 cm³/mol. The molecule has 3 rings (SSSR count). The van der Waals surface area contributed by atoms with Gasteiger partial charge < -0.3 is 10.0 Å². The van der Waals surface area contributed by atoms with Gasteiger partial charge in [0.1, 0.15) is 0 Å². The summed E-state index contributed by atoms with van der Waals surface area (Å²) in [7, 11) is 0. The van der Waals surface area contributed by atoms with Gasteiger partial charge in [-0.1, -0.05) is 12.1 Å². The monoisotopic (exact) mass is 317 g/mol. The normalized spacial score (nSPS) is 19.7. The van der Waals surface area contributed by atoms with Gasteiger partial charge in [-0.3, -0.25) is 15.0 Å². The minimum Gasteiger partial charge on any atom is -0.465 e. The first-order chi connectivity index (χ1) is 11.0. The van der Waals surface area contributed by atoms with E-state index in [-0.39, 0.29) is 11.9 Å². The molecule has 0 radical (unpaired) electrons. The summed E-state index contributed by atoms with van der Waals surface area (Å²) in [6.45, 7) is 1.50. The number of nitrogens with zero attached hydrogens (tertiary/aromatic N) is 2. The smallest absolute Gasteiger partial charge is 0.407 e. The molecule has 0 atom stereocenters. The number of rotatable bonds is 2. The van der Waals surface area contributed by atoms with Gasteiger partial charge >= 0.3 is 12.1 Å². The number of carbonyl (C=O) groups excluding carboxylic acids is 2. The first-order valence-electron chi connectivity index (χ1n) is 7.74. The molecule has 23 heavy (non-hydrogen) atoms. The van der Waals surface area contributed by atoms with E-state index in [0.717, 1.165) is 24.1 Å². The zero-order chi connectivity index (χ0) is 16.4. The molecule has 0 aromatic heterocycles. The van der Waals surface area contributed by atoms with Crippen LogP contribution < -0.4 is 10.2 Å². The van der Waals surface area contributed by atoms with Crippen LogP contribution in [0, 0.1) is 0 Å². The maximum Gasteiger partial charge on any atom is 0.407 e. The Morgan fingerprint density at radius 3 is 2.30 bits per heavy atom. The van der Waals surface area contributed by atoms with Crippen LogP contribution in [0.5, 0.6) is 0 Å². The molecule has 7 heteroatoms. The van der Waals surface area contributed by atoms with Crippen LogP contribution in [0.1, 0.15) is 30.7 Å². The summed E-state index contributed by atoms with van der Waals surface area (Å²) in [4.78, 5) is 36.9. The molecule has 122 valence electrons. The van der Waals surface area contributed by atoms with Gasteiger partial charge in [0.05, 0.1) is 0 Å². The van der Waals surface area contributed by atoms with Crippen molar-refractivity contribution >= 4 is 23.7 Å². The predicted octanol–water partition coefficient (Wildman–Crippen LogP) is 1.99. The first kappa shape index (κ1) is 15.3. The molecule has 7 nitrogen and oxygen atoms in total. The molecule has 1 aromatic carbocycles. The standard InChI is InChI=1S/C16H19N3O4/c20-14-7-10-19(15(21)17-14)13-3-1-11(2-4-13)12-5-8-18(9-6-12)16(22)23/h1-4,12H,5-10H2,(H,22,23)(H,17,20,21). The number of amides is 4. The third-order valence-corrected chi connectivity index (χ3v) is 4.50. The molecule has 2 aliphatic rings. The summed E-state index contributed by atoms with van der Waals surface area (Å²) in [5.74, 6) is 0.101. The summed E-state index contributed by atoms with van der Waals surface area (Å²) in [6, 6.07) is 7.35. The van der Waals surface area contributed by atoms with Crippen molar-refractivity contribution in [1.29, 1.82) is 0 Å². The average molecular weight is 317 g/mol. The Bertz CT molecular complexity index is 621. The largest absolute Gasteiger partial charge is 0.465 e. The number of carbonyl (C=O) groups is 3. The van der Waals surface area contributed by atoms with Crippen molar-refractivity contribution in [3.63, 3.8) is 0 Å². The van der Waals surface area contributed by atoms with E-state index in [0.29, 0.717) is 32.0 Å². The number of hydrogen-bond donors (Lipinski definition) is 2. The van der Waals surface area contributed by atoms with Gasteiger partial charge in [0.15, 0.2) is 0 Å². The minimum absolute atomic E-state index is 0.243. The van der Waals surface area contributed by atoms with Crippen molar-refractivity contribution in [2.75, 3.05) is 24.5 Å². The lowest BCUT2D eigenvalue weighted by Crippen LogP contribution is -2.49. The zero-order valence-corrected chi connectivity index (χ0v) is 12.7. The second-order valence-electron chi connectivity index (χ2n) is 5.89. The Labute approximate surface area is 133 Å². The van der Waals surface area contributed by atoms with Crippen LogP contribution in [0.15, 0.2) is 24.3 Å². The van der Waals surface area contributed by atoms with Crippen LogP contribution in [-0.2, 0) is 4.79 Å². The fourth-order valence-electron chi connectivity index (χ4n) is 3.14. The Morgan fingerprint density at radius 2 is 1.74 bits per heavy atom. The van der Waals surface area contributed by atoms with E-state index in [9.17, 15) is 14.4 Å². The summed E-state index contributed by atoms with van der Waals surface area (Å²) < 4.78 is 0. The van der Waals surface area contributed by atoms with Crippen LogP contribution in [-0.4, -0.2) is 47.7 Å². The van der Waals surface area contributed by atoms with Crippen LogP contribution in [0.3, 0.4) is 0 Å². The number of urea groups is 1. The number of carboxylic acid groups (broad SMARTS) is 1. The fourth-order valence-corrected chi connectivity index (χ4v) is 3.14. The van der Waals surface area contributed by atoms with Gasteiger partial charge in [-0.15, -0.1) is 0 Å². The van der Waals surface area contributed by atoms with Crippen LogP contribution >= 0.6 is 0 Å². The highest BCUT2D eigenvalue weighted by atomic mass is 16.4. The molecule has 2 aliphatic heterocycles. The molecule has 2 N–H and O–H groups in total. The molecule has 0 spiro atoms. The SMILES string of the molecule is O=C1CCN(c2ccc(C3CCN(C(=O)O)CC3)cc2)C(=O)N1. The molecule has 0 bridgehead atoms. The third-order valence-electron chi connectivity index (χ3n) is 4.50. The molecule has 1 aromatic rings. The second kappa shape index (κ2) is 6.28. The number of hydrogen-bond acceptors (Lipinski definition) is 3. The fraction of sp³-hybridized carbons (Fsp3) is 0.438. The minimum atomic E-state index is -0.857. The second-order valence-corrected chi connectivity index (χ2v) is 5.89. The van der Waals surface area contributed by atoms with Crippen molar-refractivity contribution in [2.24, 2.45) is 0 Å². The van der Waals surface area contributed by atoms with Gasteiger partial charge in [-0.05, 0) is 36.5 Å². The van der Waals surface area contributed by atoms with Crippen molar-refractivity contribution in [3.8, 4) is 0 Å². The molecule has 0 aliphatic carbocycles. The Hall–Kier alpha value is -2.57. The highest BCUT2D eigenvalue weighted by molar-refractivity contribution is 6.05. The summed E-state index contributed by atoms with van der Waals surface area (Å²) >= 11 is 0. The molecule has 2 heterocycles. The van der Waals surface area contributed by atoms with E-state index in [2.05, 4.69) is 5.32 Å². The van der Waals surface area contributed by atoms with Gasteiger partial charge in [-0.2, -0.15) is 0 Å². The third kappa shape index (κ3) is 3.28. The topological polar surface area (TPSA) is 90.0 Å². The van der Waals surface area contributed by atoms with Crippen molar-refractivity contribution in [2.45, 2.75) is 25.2 Å². The van der Waals surface area contributed by atoms with Gasteiger partial charge in [0.25, 0.3) is 0 Å². The lowest BCUT2D eigenvalue weighted by molar-refractivity contribution is -0.120. The van der Waals surface area contributed by atoms with Crippen LogP contribution in [0.2, 0.25) is 0 Å². The Morgan fingerprint density at radius 1 is 1.09 bits per heavy atom. The Kier molecular flexibility index (Phi) is 4.18. The number of likely N-dealkylation sites (tertiary alicyclic amines) is 1. The molecule has 0 unspecified atom stereocenters. The van der Waals surface area contributed by atoms with Crippen molar-refractivity contribution < 1.29 is 19.5 Å². The molecule has 0 saturated carbocycles. The summed E-state index contributed by atoms with van der Waals surface area (Å²) in [5.41, 5.74) is 1.93. The number of imide groups is 1. The quantitative estimate of drug-likeness (QED) is 0.873. The number of nitrogens with one attached hydrogen (secondary N) is 1. The van der Waals surface area contributed by atoms with Gasteiger partial charge in [0.2, 0.25) is 5.91 Å².